The van der Waals surface area contributed by atoms with Crippen LogP contribution in [0.4, 0.5) is 0 Å². The van der Waals surface area contributed by atoms with Gasteiger partial charge < -0.3 is 9.47 Å². The number of thiazole rings is 1. The summed E-state index contributed by atoms with van der Waals surface area (Å²) in [6, 6.07) is 5.14. The van der Waals surface area contributed by atoms with Crippen LogP contribution in [-0.4, -0.2) is 25.0 Å². The first-order chi connectivity index (χ1) is 8.65. The van der Waals surface area contributed by atoms with Crippen LogP contribution in [0.25, 0.3) is 0 Å². The molecule has 18 heavy (non-hydrogen) atoms. The molecule has 2 rings (SSSR count). The Balaban J connectivity index is 2.41. The minimum Gasteiger partial charge on any atom is -0.497 e. The Bertz CT molecular complexity index is 577. The topological polar surface area (TPSA) is 48.4 Å². The Morgan fingerprint density at radius 3 is 2.61 bits per heavy atom. The number of aromatic nitrogens is 1. The maximum Gasteiger partial charge on any atom is 0.208 e. The van der Waals surface area contributed by atoms with Gasteiger partial charge in [0.1, 0.15) is 11.5 Å². The molecule has 0 saturated carbocycles. The smallest absolute Gasteiger partial charge is 0.208 e. The second kappa shape index (κ2) is 5.18. The molecule has 0 bridgehead atoms. The number of carbonyl (C=O) groups is 1. The third-order valence-electron chi connectivity index (χ3n) is 2.50. The number of nitrogens with zero attached hydrogens (tertiary/aromatic N) is 1. The summed E-state index contributed by atoms with van der Waals surface area (Å²) in [5.74, 6) is 1.08. The van der Waals surface area contributed by atoms with Crippen LogP contribution in [0.15, 0.2) is 24.4 Å². The van der Waals surface area contributed by atoms with E-state index in [1.54, 1.807) is 31.5 Å². The second-order valence-electron chi connectivity index (χ2n) is 3.64. The van der Waals surface area contributed by atoms with Crippen LogP contribution in [0.5, 0.6) is 11.5 Å². The van der Waals surface area contributed by atoms with E-state index in [1.165, 1.54) is 18.4 Å². The normalized spacial score (nSPS) is 10.2. The zero-order valence-electron chi connectivity index (χ0n) is 10.4. The first kappa shape index (κ1) is 12.6. The number of hydrogen-bond donors (Lipinski definition) is 0. The van der Waals surface area contributed by atoms with Gasteiger partial charge in [0.25, 0.3) is 0 Å². The van der Waals surface area contributed by atoms with Crippen molar-refractivity contribution in [1.29, 1.82) is 0 Å². The van der Waals surface area contributed by atoms with E-state index in [0.717, 1.165) is 5.01 Å². The number of aryl methyl sites for hydroxylation is 1. The lowest BCUT2D eigenvalue weighted by molar-refractivity contribution is 0.103. The third kappa shape index (κ3) is 2.36. The molecule has 0 aliphatic carbocycles. The Labute approximate surface area is 109 Å². The number of ether oxygens (including phenoxy) is 2. The van der Waals surface area contributed by atoms with E-state index in [2.05, 4.69) is 4.98 Å². The molecule has 0 unspecified atom stereocenters. The molecule has 0 amide bonds. The van der Waals surface area contributed by atoms with Crippen molar-refractivity contribution in [2.45, 2.75) is 6.92 Å². The van der Waals surface area contributed by atoms with E-state index in [1.807, 2.05) is 6.92 Å². The van der Waals surface area contributed by atoms with Crippen LogP contribution in [0.2, 0.25) is 0 Å². The Morgan fingerprint density at radius 1 is 1.28 bits per heavy atom. The fourth-order valence-electron chi connectivity index (χ4n) is 1.59. The number of rotatable bonds is 4. The number of ketones is 1. The van der Waals surface area contributed by atoms with Gasteiger partial charge in [0.15, 0.2) is 0 Å². The highest BCUT2D eigenvalue weighted by atomic mass is 32.1. The summed E-state index contributed by atoms with van der Waals surface area (Å²) >= 11 is 1.37. The van der Waals surface area contributed by atoms with Gasteiger partial charge in [0.2, 0.25) is 5.78 Å². The van der Waals surface area contributed by atoms with Crippen molar-refractivity contribution in [3.63, 3.8) is 0 Å². The van der Waals surface area contributed by atoms with Gasteiger partial charge in [-0.05, 0) is 19.1 Å². The zero-order valence-corrected chi connectivity index (χ0v) is 11.2. The van der Waals surface area contributed by atoms with Crippen molar-refractivity contribution >= 4 is 17.1 Å². The molecule has 1 aromatic carbocycles. The summed E-state index contributed by atoms with van der Waals surface area (Å²) < 4.78 is 10.3. The van der Waals surface area contributed by atoms with Gasteiger partial charge in [-0.1, -0.05) is 0 Å². The number of benzene rings is 1. The third-order valence-corrected chi connectivity index (χ3v) is 3.41. The molecule has 0 aliphatic rings. The molecule has 94 valence electrons. The van der Waals surface area contributed by atoms with Crippen LogP contribution in [-0.2, 0) is 0 Å². The molecule has 0 atom stereocenters. The van der Waals surface area contributed by atoms with Crippen LogP contribution in [0.1, 0.15) is 20.2 Å². The van der Waals surface area contributed by atoms with E-state index in [-0.39, 0.29) is 5.78 Å². The van der Waals surface area contributed by atoms with Crippen LogP contribution < -0.4 is 9.47 Å². The van der Waals surface area contributed by atoms with Crippen LogP contribution in [0, 0.1) is 6.92 Å². The maximum atomic E-state index is 12.3. The minimum absolute atomic E-state index is 0.0832. The largest absolute Gasteiger partial charge is 0.497 e. The molecule has 0 aliphatic heterocycles. The summed E-state index contributed by atoms with van der Waals surface area (Å²) in [6.07, 6.45) is 1.59. The first-order valence-corrected chi connectivity index (χ1v) is 6.16. The highest BCUT2D eigenvalue weighted by molar-refractivity contribution is 7.13. The van der Waals surface area contributed by atoms with Gasteiger partial charge in [0, 0.05) is 12.3 Å². The predicted molar refractivity (Wildman–Crippen MR) is 69.8 cm³/mol. The Hall–Kier alpha value is -1.88. The highest BCUT2D eigenvalue weighted by Crippen LogP contribution is 2.28. The lowest BCUT2D eigenvalue weighted by Gasteiger charge is -2.08. The number of hydrogen-bond acceptors (Lipinski definition) is 5. The first-order valence-electron chi connectivity index (χ1n) is 5.35. The van der Waals surface area contributed by atoms with Gasteiger partial charge in [0.05, 0.1) is 29.7 Å². The van der Waals surface area contributed by atoms with Crippen molar-refractivity contribution in [1.82, 2.24) is 4.98 Å². The SMILES string of the molecule is COc1ccc(C(=O)c2cnc(C)s2)c(OC)c1. The predicted octanol–water partition coefficient (Wildman–Crippen LogP) is 2.70. The lowest BCUT2D eigenvalue weighted by Crippen LogP contribution is -2.02. The van der Waals surface area contributed by atoms with E-state index in [4.69, 9.17) is 9.47 Å². The van der Waals surface area contributed by atoms with Gasteiger partial charge in [-0.15, -0.1) is 11.3 Å². The summed E-state index contributed by atoms with van der Waals surface area (Å²) in [5.41, 5.74) is 0.516. The van der Waals surface area contributed by atoms with Crippen LogP contribution in [0.3, 0.4) is 0 Å². The van der Waals surface area contributed by atoms with Crippen molar-refractivity contribution in [3.05, 3.63) is 39.8 Å². The van der Waals surface area contributed by atoms with E-state index in [0.29, 0.717) is 21.9 Å². The van der Waals surface area contributed by atoms with E-state index >= 15 is 0 Å². The molecule has 0 radical (unpaired) electrons. The zero-order chi connectivity index (χ0) is 13.1. The van der Waals surface area contributed by atoms with Crippen molar-refractivity contribution in [3.8, 4) is 11.5 Å². The highest BCUT2D eigenvalue weighted by Gasteiger charge is 2.17. The lowest BCUT2D eigenvalue weighted by atomic mass is 10.1. The minimum atomic E-state index is -0.0832. The summed E-state index contributed by atoms with van der Waals surface area (Å²) in [4.78, 5) is 17.0. The molecule has 2 aromatic rings. The molecule has 1 heterocycles. The van der Waals surface area contributed by atoms with Gasteiger partial charge in [-0.3, -0.25) is 4.79 Å². The van der Waals surface area contributed by atoms with Gasteiger partial charge >= 0.3 is 0 Å². The average Bonchev–Trinajstić information content (AvgIpc) is 2.83. The Morgan fingerprint density at radius 2 is 2.06 bits per heavy atom. The van der Waals surface area contributed by atoms with Gasteiger partial charge in [-0.25, -0.2) is 4.98 Å². The van der Waals surface area contributed by atoms with E-state index < -0.39 is 0 Å². The second-order valence-corrected chi connectivity index (χ2v) is 4.87. The molecule has 0 spiro atoms. The molecule has 4 nitrogen and oxygen atoms in total. The Kier molecular flexibility index (Phi) is 3.62. The van der Waals surface area contributed by atoms with Crippen LogP contribution >= 0.6 is 11.3 Å². The molecule has 0 fully saturated rings. The van der Waals surface area contributed by atoms with Gasteiger partial charge in [-0.2, -0.15) is 0 Å². The number of carbonyl (C=O) groups excluding carboxylic acids is 1. The summed E-state index contributed by atoms with van der Waals surface area (Å²) in [6.45, 7) is 1.87. The molecule has 5 heteroatoms. The van der Waals surface area contributed by atoms with E-state index in [9.17, 15) is 4.79 Å². The molecule has 0 saturated heterocycles. The maximum absolute atomic E-state index is 12.3. The molecule has 0 N–H and O–H groups in total. The molecular weight excluding hydrogens is 250 g/mol. The summed E-state index contributed by atoms with van der Waals surface area (Å²) in [5, 5.41) is 0.867. The quantitative estimate of drug-likeness (QED) is 0.796. The molecule has 1 aromatic heterocycles. The fraction of sp³-hybridized carbons (Fsp3) is 0.231. The van der Waals surface area contributed by atoms with Crippen molar-refractivity contribution in [2.75, 3.05) is 14.2 Å². The van der Waals surface area contributed by atoms with Crippen molar-refractivity contribution < 1.29 is 14.3 Å². The fourth-order valence-corrected chi connectivity index (χ4v) is 2.32. The average molecular weight is 263 g/mol. The number of methoxy groups -OCH3 is 2. The summed E-state index contributed by atoms with van der Waals surface area (Å²) in [7, 11) is 3.10. The molecular formula is C13H13NO3S. The monoisotopic (exact) mass is 263 g/mol. The van der Waals surface area contributed by atoms with Crippen molar-refractivity contribution in [2.24, 2.45) is 0 Å². The standard InChI is InChI=1S/C13H13NO3S/c1-8-14-7-12(18-8)13(15)10-5-4-9(16-2)6-11(10)17-3/h4-7H,1-3H3.